The molecule has 46 valence electrons. The van der Waals surface area contributed by atoms with Crippen molar-refractivity contribution in [3.05, 3.63) is 0 Å². The minimum atomic E-state index is 0. The summed E-state index contributed by atoms with van der Waals surface area (Å²) in [6.07, 6.45) is 0. The van der Waals surface area contributed by atoms with Crippen molar-refractivity contribution in [2.75, 3.05) is 13.1 Å². The van der Waals surface area contributed by atoms with Gasteiger partial charge in [0, 0.05) is 13.1 Å². The van der Waals surface area contributed by atoms with Crippen LogP contribution in [0.15, 0.2) is 0 Å². The molecule has 7 heavy (non-hydrogen) atoms. The van der Waals surface area contributed by atoms with E-state index in [0.717, 1.165) is 0 Å². The molecule has 0 atom stereocenters. The number of rotatable bonds is 3. The van der Waals surface area contributed by atoms with Crippen molar-refractivity contribution < 1.29 is 0 Å². The fourth-order valence-corrected chi connectivity index (χ4v) is 0.144. The van der Waals surface area contributed by atoms with Crippen molar-refractivity contribution in [1.82, 2.24) is 10.9 Å². The molecule has 4 nitrogen and oxygen atoms in total. The van der Waals surface area contributed by atoms with Crippen LogP contribution < -0.4 is 22.5 Å². The van der Waals surface area contributed by atoms with Crippen molar-refractivity contribution in [3.8, 4) is 0 Å². The van der Waals surface area contributed by atoms with Crippen LogP contribution in [0.1, 0.15) is 0 Å². The molecule has 0 aliphatic heterocycles. The predicted octanol–water partition coefficient (Wildman–Crippen LogP) is -1.67. The van der Waals surface area contributed by atoms with Gasteiger partial charge in [-0.2, -0.15) is 0 Å². The smallest absolute Gasteiger partial charge is 0.0237 e. The number of hydrogen-bond acceptors (Lipinski definition) is 4. The van der Waals surface area contributed by atoms with Crippen LogP contribution in [0, 0.1) is 0 Å². The summed E-state index contributed by atoms with van der Waals surface area (Å²) >= 11 is 0. The summed E-state index contributed by atoms with van der Waals surface area (Å²) in [5.74, 6) is 9.74. The lowest BCUT2D eigenvalue weighted by Crippen LogP contribution is -2.34. The zero-order valence-corrected chi connectivity index (χ0v) is 4.79. The van der Waals surface area contributed by atoms with E-state index in [-0.39, 0.29) is 12.4 Å². The fraction of sp³-hybridized carbons (Fsp3) is 1.00. The molecular weight excluding hydrogens is 116 g/mol. The first kappa shape index (κ1) is 10.2. The summed E-state index contributed by atoms with van der Waals surface area (Å²) in [7, 11) is 0. The molecule has 0 fully saturated rings. The zero-order chi connectivity index (χ0) is 4.83. The van der Waals surface area contributed by atoms with Crippen molar-refractivity contribution >= 4 is 12.4 Å². The molecule has 0 rings (SSSR count). The van der Waals surface area contributed by atoms with Crippen molar-refractivity contribution in [2.45, 2.75) is 0 Å². The molecule has 0 aromatic heterocycles. The van der Waals surface area contributed by atoms with E-state index in [1.54, 1.807) is 0 Å². The molecule has 0 spiro atoms. The van der Waals surface area contributed by atoms with Crippen LogP contribution in [0.3, 0.4) is 0 Å². The van der Waals surface area contributed by atoms with Gasteiger partial charge in [0.1, 0.15) is 0 Å². The summed E-state index contributed by atoms with van der Waals surface area (Å²) in [5, 5.41) is 0. The van der Waals surface area contributed by atoms with Gasteiger partial charge in [-0.15, -0.1) is 12.4 Å². The van der Waals surface area contributed by atoms with Gasteiger partial charge in [-0.05, 0) is 0 Å². The number of hydrogen-bond donors (Lipinski definition) is 4. The second-order valence-corrected chi connectivity index (χ2v) is 0.908. The molecule has 0 saturated carbocycles. The monoisotopic (exact) mass is 126 g/mol. The molecular formula is C2H11ClN4. The first-order chi connectivity index (χ1) is 2.91. The lowest BCUT2D eigenvalue weighted by atomic mass is 10.7. The third-order valence-corrected chi connectivity index (χ3v) is 0.414. The number of nitrogens with two attached hydrogens (primary N) is 2. The number of hydrazine groups is 2. The van der Waals surface area contributed by atoms with Gasteiger partial charge < -0.3 is 0 Å². The van der Waals surface area contributed by atoms with Gasteiger partial charge >= 0.3 is 0 Å². The Balaban J connectivity index is 0. The van der Waals surface area contributed by atoms with Crippen LogP contribution in [0.5, 0.6) is 0 Å². The van der Waals surface area contributed by atoms with E-state index in [4.69, 9.17) is 11.7 Å². The molecule has 6 N–H and O–H groups in total. The predicted molar refractivity (Wildman–Crippen MR) is 31.6 cm³/mol. The van der Waals surface area contributed by atoms with Gasteiger partial charge in [0.25, 0.3) is 0 Å². The second kappa shape index (κ2) is 9.46. The maximum Gasteiger partial charge on any atom is 0.0237 e. The average Bonchev–Trinajstić information content (AvgIpc) is 1.61. The van der Waals surface area contributed by atoms with Crippen LogP contribution in [-0.4, -0.2) is 13.1 Å². The Labute approximate surface area is 49.0 Å². The molecule has 0 aliphatic carbocycles. The first-order valence-electron chi connectivity index (χ1n) is 1.78. The molecule has 0 unspecified atom stereocenters. The molecule has 0 aromatic carbocycles. The van der Waals surface area contributed by atoms with Gasteiger partial charge in [0.15, 0.2) is 0 Å². The van der Waals surface area contributed by atoms with Crippen LogP contribution in [-0.2, 0) is 0 Å². The lowest BCUT2D eigenvalue weighted by Gasteiger charge is -1.92. The largest absolute Gasteiger partial charge is 0.271 e. The van der Waals surface area contributed by atoms with Gasteiger partial charge in [-0.25, -0.2) is 0 Å². The van der Waals surface area contributed by atoms with Crippen molar-refractivity contribution in [3.63, 3.8) is 0 Å². The minimum absolute atomic E-state index is 0. The summed E-state index contributed by atoms with van der Waals surface area (Å²) in [6, 6.07) is 0. The highest BCUT2D eigenvalue weighted by atomic mass is 35.5. The lowest BCUT2D eigenvalue weighted by molar-refractivity contribution is 0.649. The Morgan fingerprint density at radius 1 is 1.00 bits per heavy atom. The highest BCUT2D eigenvalue weighted by molar-refractivity contribution is 5.85. The van der Waals surface area contributed by atoms with Gasteiger partial charge in [0.05, 0.1) is 0 Å². The van der Waals surface area contributed by atoms with E-state index in [2.05, 4.69) is 10.9 Å². The van der Waals surface area contributed by atoms with Gasteiger partial charge in [-0.3, -0.25) is 22.5 Å². The normalized spacial score (nSPS) is 7.71. The van der Waals surface area contributed by atoms with Crippen LogP contribution >= 0.6 is 12.4 Å². The van der Waals surface area contributed by atoms with Crippen molar-refractivity contribution in [2.24, 2.45) is 11.7 Å². The van der Waals surface area contributed by atoms with E-state index >= 15 is 0 Å². The molecule has 0 heterocycles. The van der Waals surface area contributed by atoms with Gasteiger partial charge in [-0.1, -0.05) is 0 Å². The standard InChI is InChI=1S/C2H10N4.ClH/c3-5-1-2-6-4;/h5-6H,1-4H2;1H. The fourth-order valence-electron chi connectivity index (χ4n) is 0.144. The summed E-state index contributed by atoms with van der Waals surface area (Å²) in [4.78, 5) is 0. The molecule has 0 radical (unpaired) electrons. The van der Waals surface area contributed by atoms with Crippen LogP contribution in [0.25, 0.3) is 0 Å². The van der Waals surface area contributed by atoms with E-state index in [9.17, 15) is 0 Å². The third kappa shape index (κ3) is 10.7. The molecule has 0 aromatic rings. The average molecular weight is 127 g/mol. The van der Waals surface area contributed by atoms with Crippen molar-refractivity contribution in [1.29, 1.82) is 0 Å². The van der Waals surface area contributed by atoms with E-state index in [0.29, 0.717) is 13.1 Å². The summed E-state index contributed by atoms with van der Waals surface area (Å²) < 4.78 is 0. The third-order valence-electron chi connectivity index (χ3n) is 0.414. The van der Waals surface area contributed by atoms with Crippen LogP contribution in [0.2, 0.25) is 0 Å². The maximum atomic E-state index is 4.87. The molecule has 0 aliphatic rings. The quantitative estimate of drug-likeness (QED) is 0.207. The second-order valence-electron chi connectivity index (χ2n) is 0.908. The van der Waals surface area contributed by atoms with Gasteiger partial charge in [0.2, 0.25) is 0 Å². The summed E-state index contributed by atoms with van der Waals surface area (Å²) in [6.45, 7) is 1.41. The van der Waals surface area contributed by atoms with E-state index < -0.39 is 0 Å². The Hall–Kier alpha value is 0.130. The summed E-state index contributed by atoms with van der Waals surface area (Å²) in [5.41, 5.74) is 4.85. The highest BCUT2D eigenvalue weighted by Crippen LogP contribution is 1.39. The number of nitrogens with one attached hydrogen (secondary N) is 2. The molecule has 0 amide bonds. The molecule has 0 saturated heterocycles. The number of halogens is 1. The minimum Gasteiger partial charge on any atom is -0.271 e. The Morgan fingerprint density at radius 2 is 1.29 bits per heavy atom. The first-order valence-corrected chi connectivity index (χ1v) is 1.78. The topological polar surface area (TPSA) is 76.1 Å². The van der Waals surface area contributed by atoms with E-state index in [1.165, 1.54) is 0 Å². The molecule has 0 bridgehead atoms. The Bertz CT molecular complexity index is 21.7. The zero-order valence-electron chi connectivity index (χ0n) is 3.98. The van der Waals surface area contributed by atoms with Crippen LogP contribution in [0.4, 0.5) is 0 Å². The maximum absolute atomic E-state index is 4.87. The Morgan fingerprint density at radius 3 is 1.43 bits per heavy atom. The SMILES string of the molecule is Cl.NNCCNN. The Kier molecular flexibility index (Phi) is 13.8. The highest BCUT2D eigenvalue weighted by Gasteiger charge is 1.71. The molecule has 5 heteroatoms. The van der Waals surface area contributed by atoms with E-state index in [1.807, 2.05) is 0 Å².